The number of ether oxygens (including phenoxy) is 1. The fraction of sp³-hybridized carbons (Fsp3) is 0.227. The number of rotatable bonds is 7. The van der Waals surface area contributed by atoms with Gasteiger partial charge in [0.25, 0.3) is 5.56 Å². The van der Waals surface area contributed by atoms with E-state index >= 15 is 0 Å². The molecule has 3 aromatic rings. The molecule has 0 unspecified atom stereocenters. The van der Waals surface area contributed by atoms with Gasteiger partial charge in [-0.2, -0.15) is 0 Å². The quantitative estimate of drug-likeness (QED) is 0.604. The maximum atomic E-state index is 13.1. The van der Waals surface area contributed by atoms with Crippen LogP contribution in [0.1, 0.15) is 11.3 Å². The Morgan fingerprint density at radius 2 is 1.97 bits per heavy atom. The van der Waals surface area contributed by atoms with Crippen LogP contribution in [0.15, 0.2) is 53.3 Å². The third-order valence-corrected chi connectivity index (χ3v) is 4.84. The summed E-state index contributed by atoms with van der Waals surface area (Å²) in [5, 5.41) is 12.5. The van der Waals surface area contributed by atoms with Crippen LogP contribution in [0.2, 0.25) is 5.02 Å². The van der Waals surface area contributed by atoms with E-state index in [-0.39, 0.29) is 25.1 Å². The van der Waals surface area contributed by atoms with Gasteiger partial charge in [-0.25, -0.2) is 4.98 Å². The minimum Gasteiger partial charge on any atom is -0.495 e. The summed E-state index contributed by atoms with van der Waals surface area (Å²) in [6.45, 7) is 1.28. The van der Waals surface area contributed by atoms with E-state index in [4.69, 9.17) is 16.3 Å². The maximum absolute atomic E-state index is 13.1. The zero-order valence-electron chi connectivity index (χ0n) is 16.7. The lowest BCUT2D eigenvalue weighted by Gasteiger charge is -2.16. The number of anilines is 1. The number of benzene rings is 2. The molecule has 8 heteroatoms. The van der Waals surface area contributed by atoms with E-state index in [1.165, 1.54) is 11.7 Å². The standard InChI is InChI=1S/C22H22ClN3O4/c1-14-17(10-11-27)22(29)26(21(24-14)15-6-4-3-5-7-15)13-20(28)25-18-12-16(23)8-9-19(18)30-2/h3-9,12,27H,10-11,13H2,1-2H3,(H,25,28). The normalized spacial score (nSPS) is 10.7. The summed E-state index contributed by atoms with van der Waals surface area (Å²) in [7, 11) is 1.49. The van der Waals surface area contributed by atoms with Gasteiger partial charge in [-0.1, -0.05) is 41.9 Å². The van der Waals surface area contributed by atoms with Crippen molar-refractivity contribution < 1.29 is 14.6 Å². The molecule has 1 aromatic heterocycles. The molecular weight excluding hydrogens is 406 g/mol. The molecule has 0 aliphatic carbocycles. The largest absolute Gasteiger partial charge is 0.495 e. The molecule has 1 heterocycles. The van der Waals surface area contributed by atoms with Crippen LogP contribution in [-0.4, -0.2) is 34.3 Å². The smallest absolute Gasteiger partial charge is 0.257 e. The van der Waals surface area contributed by atoms with Crippen LogP contribution in [-0.2, 0) is 17.8 Å². The topological polar surface area (TPSA) is 93.4 Å². The monoisotopic (exact) mass is 427 g/mol. The Kier molecular flexibility index (Phi) is 6.87. The Morgan fingerprint density at radius 1 is 1.23 bits per heavy atom. The highest BCUT2D eigenvalue weighted by molar-refractivity contribution is 6.31. The van der Waals surface area contributed by atoms with Gasteiger partial charge in [-0.15, -0.1) is 0 Å². The summed E-state index contributed by atoms with van der Waals surface area (Å²) in [6.07, 6.45) is 0.163. The van der Waals surface area contributed by atoms with E-state index in [1.54, 1.807) is 25.1 Å². The number of aryl methyl sites for hydroxylation is 1. The van der Waals surface area contributed by atoms with Gasteiger partial charge in [0, 0.05) is 34.9 Å². The number of nitrogens with one attached hydrogen (secondary N) is 1. The number of halogens is 1. The molecule has 3 rings (SSSR count). The number of aliphatic hydroxyl groups excluding tert-OH is 1. The van der Waals surface area contributed by atoms with Crippen LogP contribution in [0.5, 0.6) is 5.75 Å². The lowest BCUT2D eigenvalue weighted by atomic mass is 10.1. The minimum atomic E-state index is -0.435. The van der Waals surface area contributed by atoms with E-state index in [2.05, 4.69) is 10.3 Å². The highest BCUT2D eigenvalue weighted by Crippen LogP contribution is 2.27. The summed E-state index contributed by atoms with van der Waals surface area (Å²) in [4.78, 5) is 30.5. The molecule has 0 spiro atoms. The first-order valence-electron chi connectivity index (χ1n) is 9.34. The Bertz CT molecular complexity index is 1110. The summed E-state index contributed by atoms with van der Waals surface area (Å²) in [5.41, 5.74) is 1.66. The van der Waals surface area contributed by atoms with E-state index in [9.17, 15) is 14.7 Å². The molecular formula is C22H22ClN3O4. The minimum absolute atomic E-state index is 0.163. The Labute approximate surface area is 178 Å². The van der Waals surface area contributed by atoms with Gasteiger partial charge in [0.2, 0.25) is 5.91 Å². The first-order valence-corrected chi connectivity index (χ1v) is 9.72. The Morgan fingerprint density at radius 3 is 2.63 bits per heavy atom. The number of aliphatic hydroxyl groups is 1. The summed E-state index contributed by atoms with van der Waals surface area (Å²) in [5.74, 6) is 0.398. The molecule has 0 fully saturated rings. The molecule has 0 aliphatic rings. The second kappa shape index (κ2) is 9.56. The van der Waals surface area contributed by atoms with Crippen LogP contribution in [0.25, 0.3) is 11.4 Å². The van der Waals surface area contributed by atoms with Crippen LogP contribution < -0.4 is 15.6 Å². The average molecular weight is 428 g/mol. The van der Waals surface area contributed by atoms with Gasteiger partial charge in [0.05, 0.1) is 12.8 Å². The lowest BCUT2D eigenvalue weighted by molar-refractivity contribution is -0.116. The summed E-state index contributed by atoms with van der Waals surface area (Å²) >= 11 is 6.03. The first-order chi connectivity index (χ1) is 14.4. The van der Waals surface area contributed by atoms with Gasteiger partial charge < -0.3 is 15.2 Å². The van der Waals surface area contributed by atoms with Crippen molar-refractivity contribution in [2.75, 3.05) is 19.0 Å². The van der Waals surface area contributed by atoms with Gasteiger partial charge >= 0.3 is 0 Å². The Hall–Kier alpha value is -3.16. The van der Waals surface area contributed by atoms with Crippen molar-refractivity contribution >= 4 is 23.2 Å². The molecule has 1 amide bonds. The van der Waals surface area contributed by atoms with Crippen LogP contribution in [0, 0.1) is 6.92 Å². The molecule has 7 nitrogen and oxygen atoms in total. The van der Waals surface area contributed by atoms with Crippen molar-refractivity contribution in [2.45, 2.75) is 19.9 Å². The molecule has 0 atom stereocenters. The molecule has 156 valence electrons. The van der Waals surface area contributed by atoms with Crippen LogP contribution >= 0.6 is 11.6 Å². The molecule has 0 aliphatic heterocycles. The first kappa shape index (κ1) is 21.5. The number of carbonyl (C=O) groups excluding carboxylic acids is 1. The Balaban J connectivity index is 2.02. The predicted octanol–water partition coefficient (Wildman–Crippen LogP) is 3.05. The van der Waals surface area contributed by atoms with Crippen molar-refractivity contribution in [2.24, 2.45) is 0 Å². The molecule has 30 heavy (non-hydrogen) atoms. The van der Waals surface area contributed by atoms with Gasteiger partial charge in [0.1, 0.15) is 18.1 Å². The van der Waals surface area contributed by atoms with Crippen molar-refractivity contribution in [3.8, 4) is 17.1 Å². The third kappa shape index (κ3) is 4.69. The number of hydrogen-bond acceptors (Lipinski definition) is 5. The van der Waals surface area contributed by atoms with Gasteiger partial charge in [-0.05, 0) is 25.1 Å². The SMILES string of the molecule is COc1ccc(Cl)cc1NC(=O)Cn1c(-c2ccccc2)nc(C)c(CCO)c1=O. The van der Waals surface area contributed by atoms with Gasteiger partial charge in [-0.3, -0.25) is 14.2 Å². The number of nitrogens with zero attached hydrogens (tertiary/aromatic N) is 2. The van der Waals surface area contributed by atoms with E-state index < -0.39 is 5.91 Å². The molecule has 2 N–H and O–H groups in total. The van der Waals surface area contributed by atoms with Crippen molar-refractivity contribution in [3.05, 3.63) is 75.2 Å². The van der Waals surface area contributed by atoms with Crippen LogP contribution in [0.3, 0.4) is 0 Å². The highest BCUT2D eigenvalue weighted by Gasteiger charge is 2.18. The third-order valence-electron chi connectivity index (χ3n) is 4.60. The molecule has 0 bridgehead atoms. The van der Waals surface area contributed by atoms with E-state index in [0.717, 1.165) is 0 Å². The fourth-order valence-electron chi connectivity index (χ4n) is 3.17. The van der Waals surface area contributed by atoms with Crippen molar-refractivity contribution in [3.63, 3.8) is 0 Å². The lowest BCUT2D eigenvalue weighted by Crippen LogP contribution is -2.33. The predicted molar refractivity (Wildman–Crippen MR) is 116 cm³/mol. The number of carbonyl (C=O) groups is 1. The van der Waals surface area contributed by atoms with Crippen molar-refractivity contribution in [1.29, 1.82) is 0 Å². The zero-order valence-corrected chi connectivity index (χ0v) is 17.4. The second-order valence-electron chi connectivity index (χ2n) is 6.62. The number of aromatic nitrogens is 2. The van der Waals surface area contributed by atoms with E-state index in [1.807, 2.05) is 30.3 Å². The number of methoxy groups -OCH3 is 1. The molecule has 0 saturated heterocycles. The molecule has 0 saturated carbocycles. The average Bonchev–Trinajstić information content (AvgIpc) is 2.74. The summed E-state index contributed by atoms with van der Waals surface area (Å²) < 4.78 is 6.57. The van der Waals surface area contributed by atoms with E-state index in [0.29, 0.717) is 39.1 Å². The fourth-order valence-corrected chi connectivity index (χ4v) is 3.34. The number of hydrogen-bond donors (Lipinski definition) is 2. The molecule has 0 radical (unpaired) electrons. The van der Waals surface area contributed by atoms with Crippen LogP contribution in [0.4, 0.5) is 5.69 Å². The molecule has 2 aromatic carbocycles. The zero-order chi connectivity index (χ0) is 21.7. The number of amides is 1. The maximum Gasteiger partial charge on any atom is 0.257 e. The van der Waals surface area contributed by atoms with Gasteiger partial charge in [0.15, 0.2) is 0 Å². The second-order valence-corrected chi connectivity index (χ2v) is 7.06. The highest BCUT2D eigenvalue weighted by atomic mass is 35.5. The van der Waals surface area contributed by atoms with Crippen molar-refractivity contribution in [1.82, 2.24) is 9.55 Å². The summed E-state index contributed by atoms with van der Waals surface area (Å²) in [6, 6.07) is 14.0.